The summed E-state index contributed by atoms with van der Waals surface area (Å²) in [5, 5.41) is 25.2. The Labute approximate surface area is 149 Å². The summed E-state index contributed by atoms with van der Waals surface area (Å²) < 4.78 is 0. The minimum absolute atomic E-state index is 0.0293. The zero-order chi connectivity index (χ0) is 18.7. The van der Waals surface area contributed by atoms with Gasteiger partial charge in [-0.15, -0.1) is 0 Å². The van der Waals surface area contributed by atoms with E-state index in [0.29, 0.717) is 17.9 Å². The maximum Gasteiger partial charge on any atom is 0.270 e. The second kappa shape index (κ2) is 7.32. The minimum atomic E-state index is -0.524. The average molecular weight is 353 g/mol. The normalized spacial score (nSPS) is 12.1. The van der Waals surface area contributed by atoms with Gasteiger partial charge in [-0.05, 0) is 24.6 Å². The Bertz CT molecular complexity index is 961. The van der Waals surface area contributed by atoms with Crippen LogP contribution in [0.5, 0.6) is 5.75 Å². The molecule has 1 heterocycles. The Kier molecular flexibility index (Phi) is 4.94. The number of hydrogen-bond donors (Lipinski definition) is 3. The van der Waals surface area contributed by atoms with Gasteiger partial charge in [0.25, 0.3) is 5.69 Å². The molecular weight excluding hydrogens is 334 g/mol. The maximum atomic E-state index is 11.0. The number of nitro benzene ring substituents is 1. The first-order valence-electron chi connectivity index (χ1n) is 8.23. The number of nitrogens with one attached hydrogen (secondary N) is 1. The number of non-ortho nitro benzene ring substituents is 1. The number of para-hydroxylation sites is 1. The van der Waals surface area contributed by atoms with Crippen molar-refractivity contribution in [3.8, 4) is 17.1 Å². The van der Waals surface area contributed by atoms with Gasteiger partial charge in [-0.1, -0.05) is 19.1 Å². The van der Waals surface area contributed by atoms with Gasteiger partial charge in [0.05, 0.1) is 16.0 Å². The molecule has 1 atom stereocenters. The van der Waals surface area contributed by atoms with Crippen molar-refractivity contribution in [2.45, 2.75) is 19.4 Å². The number of nitrogens with zero attached hydrogens (tertiary/aromatic N) is 3. The lowest BCUT2D eigenvalue weighted by molar-refractivity contribution is -0.384. The molecule has 0 aliphatic heterocycles. The number of aromatic nitrogens is 2. The number of anilines is 1. The summed E-state index contributed by atoms with van der Waals surface area (Å²) >= 11 is 0. The standard InChI is InChI=1S/C18H19N5O3/c1-2-11(19)10-20-17-13-5-3-4-6-15(13)21-18(22-17)14-9-12(23(25)26)7-8-16(14)24/h3-9,11,24H,2,10,19H2,1H3,(H,20,21,22)/t11-/m0/s1. The molecule has 4 N–H and O–H groups in total. The fourth-order valence-electron chi connectivity index (χ4n) is 2.52. The van der Waals surface area contributed by atoms with E-state index in [1.54, 1.807) is 0 Å². The van der Waals surface area contributed by atoms with Crippen molar-refractivity contribution in [3.63, 3.8) is 0 Å². The first-order valence-corrected chi connectivity index (χ1v) is 8.23. The van der Waals surface area contributed by atoms with E-state index in [-0.39, 0.29) is 28.9 Å². The molecule has 8 heteroatoms. The molecule has 3 aromatic rings. The third kappa shape index (κ3) is 3.55. The first kappa shape index (κ1) is 17.6. The lowest BCUT2D eigenvalue weighted by Crippen LogP contribution is -2.28. The molecular formula is C18H19N5O3. The van der Waals surface area contributed by atoms with E-state index in [1.807, 2.05) is 31.2 Å². The van der Waals surface area contributed by atoms with Crippen LogP contribution in [0.2, 0.25) is 0 Å². The highest BCUT2D eigenvalue weighted by Crippen LogP contribution is 2.32. The van der Waals surface area contributed by atoms with E-state index in [4.69, 9.17) is 5.73 Å². The van der Waals surface area contributed by atoms with Gasteiger partial charge in [-0.3, -0.25) is 10.1 Å². The second-order valence-electron chi connectivity index (χ2n) is 5.92. The quantitative estimate of drug-likeness (QED) is 0.459. The van der Waals surface area contributed by atoms with Crippen molar-refractivity contribution >= 4 is 22.4 Å². The number of benzene rings is 2. The molecule has 0 spiro atoms. The van der Waals surface area contributed by atoms with E-state index in [2.05, 4.69) is 15.3 Å². The van der Waals surface area contributed by atoms with Crippen LogP contribution in [-0.4, -0.2) is 32.6 Å². The molecule has 0 fully saturated rings. The summed E-state index contributed by atoms with van der Waals surface area (Å²) in [6.07, 6.45) is 0.814. The van der Waals surface area contributed by atoms with E-state index >= 15 is 0 Å². The number of fused-ring (bicyclic) bond motifs is 1. The summed E-state index contributed by atoms with van der Waals surface area (Å²) in [5.74, 6) is 0.653. The van der Waals surface area contributed by atoms with Crippen molar-refractivity contribution in [3.05, 3.63) is 52.6 Å². The molecule has 0 radical (unpaired) electrons. The van der Waals surface area contributed by atoms with E-state index in [9.17, 15) is 15.2 Å². The van der Waals surface area contributed by atoms with Crippen LogP contribution in [-0.2, 0) is 0 Å². The van der Waals surface area contributed by atoms with Gasteiger partial charge in [0.15, 0.2) is 5.82 Å². The Morgan fingerprint density at radius 2 is 2.04 bits per heavy atom. The zero-order valence-electron chi connectivity index (χ0n) is 14.2. The van der Waals surface area contributed by atoms with E-state index in [1.165, 1.54) is 18.2 Å². The number of phenols is 1. The molecule has 0 amide bonds. The average Bonchev–Trinajstić information content (AvgIpc) is 2.65. The number of phenolic OH excluding ortho intramolecular Hbond substituents is 1. The van der Waals surface area contributed by atoms with Crippen molar-refractivity contribution in [2.24, 2.45) is 5.73 Å². The molecule has 0 saturated heterocycles. The molecule has 0 saturated carbocycles. The molecule has 0 bridgehead atoms. The Morgan fingerprint density at radius 3 is 2.77 bits per heavy atom. The summed E-state index contributed by atoms with van der Waals surface area (Å²) in [6.45, 7) is 2.52. The maximum absolute atomic E-state index is 11.0. The third-order valence-corrected chi connectivity index (χ3v) is 4.09. The minimum Gasteiger partial charge on any atom is -0.507 e. The highest BCUT2D eigenvalue weighted by Gasteiger charge is 2.16. The molecule has 1 aromatic heterocycles. The Morgan fingerprint density at radius 1 is 1.27 bits per heavy atom. The predicted molar refractivity (Wildman–Crippen MR) is 100 cm³/mol. The van der Waals surface area contributed by atoms with Crippen LogP contribution < -0.4 is 11.1 Å². The molecule has 26 heavy (non-hydrogen) atoms. The van der Waals surface area contributed by atoms with Gasteiger partial charge < -0.3 is 16.2 Å². The predicted octanol–water partition coefficient (Wildman–Crippen LogP) is 3.06. The van der Waals surface area contributed by atoms with Gasteiger partial charge >= 0.3 is 0 Å². The number of rotatable bonds is 6. The zero-order valence-corrected chi connectivity index (χ0v) is 14.2. The SMILES string of the molecule is CC[C@H](N)CNc1nc(-c2cc([N+](=O)[O-])ccc2O)nc2ccccc12. The van der Waals surface area contributed by atoms with Gasteiger partial charge in [-0.25, -0.2) is 9.97 Å². The van der Waals surface area contributed by atoms with E-state index in [0.717, 1.165) is 11.8 Å². The largest absolute Gasteiger partial charge is 0.507 e. The molecule has 134 valence electrons. The topological polar surface area (TPSA) is 127 Å². The van der Waals surface area contributed by atoms with Crippen LogP contribution in [0.25, 0.3) is 22.3 Å². The highest BCUT2D eigenvalue weighted by molar-refractivity contribution is 5.91. The van der Waals surface area contributed by atoms with Crippen molar-refractivity contribution in [2.75, 3.05) is 11.9 Å². The van der Waals surface area contributed by atoms with Crippen LogP contribution in [0.3, 0.4) is 0 Å². The third-order valence-electron chi connectivity index (χ3n) is 4.09. The lowest BCUT2D eigenvalue weighted by atomic mass is 10.1. The van der Waals surface area contributed by atoms with Gasteiger partial charge in [-0.2, -0.15) is 0 Å². The van der Waals surface area contributed by atoms with Crippen LogP contribution in [0.1, 0.15) is 13.3 Å². The number of hydrogen-bond acceptors (Lipinski definition) is 7. The Hall–Kier alpha value is -3.26. The van der Waals surface area contributed by atoms with Crippen LogP contribution in [0.4, 0.5) is 11.5 Å². The lowest BCUT2D eigenvalue weighted by Gasteiger charge is -2.14. The van der Waals surface area contributed by atoms with E-state index < -0.39 is 4.92 Å². The number of nitro groups is 1. The molecule has 3 rings (SSSR count). The fourth-order valence-corrected chi connectivity index (χ4v) is 2.52. The van der Waals surface area contributed by atoms with Gasteiger partial charge in [0.2, 0.25) is 0 Å². The van der Waals surface area contributed by atoms with Crippen LogP contribution >= 0.6 is 0 Å². The van der Waals surface area contributed by atoms with Crippen molar-refractivity contribution in [1.82, 2.24) is 9.97 Å². The first-order chi connectivity index (χ1) is 12.5. The summed E-state index contributed by atoms with van der Waals surface area (Å²) in [6, 6.07) is 11.2. The molecule has 0 aliphatic rings. The summed E-state index contributed by atoms with van der Waals surface area (Å²) in [7, 11) is 0. The van der Waals surface area contributed by atoms with Gasteiger partial charge in [0, 0.05) is 30.1 Å². The van der Waals surface area contributed by atoms with Crippen LogP contribution in [0.15, 0.2) is 42.5 Å². The molecule has 0 aliphatic carbocycles. The molecule has 0 unspecified atom stereocenters. The van der Waals surface area contributed by atoms with Crippen molar-refractivity contribution in [1.29, 1.82) is 0 Å². The van der Waals surface area contributed by atoms with Gasteiger partial charge in [0.1, 0.15) is 11.6 Å². The summed E-state index contributed by atoms with van der Waals surface area (Å²) in [4.78, 5) is 19.4. The molecule has 8 nitrogen and oxygen atoms in total. The Balaban J connectivity index is 2.12. The number of aromatic hydroxyl groups is 1. The summed E-state index contributed by atoms with van der Waals surface area (Å²) in [5.41, 5.74) is 6.69. The van der Waals surface area contributed by atoms with Crippen molar-refractivity contribution < 1.29 is 10.0 Å². The highest BCUT2D eigenvalue weighted by atomic mass is 16.6. The molecule has 2 aromatic carbocycles. The fraction of sp³-hybridized carbons (Fsp3) is 0.222. The number of nitrogens with two attached hydrogens (primary N) is 1. The second-order valence-corrected chi connectivity index (χ2v) is 5.92. The van der Waals surface area contributed by atoms with Crippen LogP contribution in [0, 0.1) is 10.1 Å². The smallest absolute Gasteiger partial charge is 0.270 e. The monoisotopic (exact) mass is 353 g/mol.